The molecule has 0 radical (unpaired) electrons. The van der Waals surface area contributed by atoms with Gasteiger partial charge in [-0.25, -0.2) is 8.78 Å². The van der Waals surface area contributed by atoms with Gasteiger partial charge in [0.05, 0.1) is 12.1 Å². The van der Waals surface area contributed by atoms with Crippen molar-refractivity contribution in [3.8, 4) is 0 Å². The van der Waals surface area contributed by atoms with Crippen molar-refractivity contribution in [2.75, 3.05) is 0 Å². The first-order chi connectivity index (χ1) is 10.1. The SMILES string of the molecule is Cc1cc2ccccc2n1CC(=O)c1cc(F)ccc1F. The van der Waals surface area contributed by atoms with Gasteiger partial charge in [0, 0.05) is 11.2 Å². The lowest BCUT2D eigenvalue weighted by Crippen LogP contribution is -2.13. The van der Waals surface area contributed by atoms with Crippen molar-refractivity contribution in [2.24, 2.45) is 0 Å². The highest BCUT2D eigenvalue weighted by atomic mass is 19.1. The molecule has 0 atom stereocenters. The van der Waals surface area contributed by atoms with E-state index in [9.17, 15) is 13.6 Å². The molecule has 0 aliphatic carbocycles. The Hall–Kier alpha value is -2.49. The van der Waals surface area contributed by atoms with Crippen molar-refractivity contribution < 1.29 is 13.6 Å². The molecule has 0 saturated carbocycles. The van der Waals surface area contributed by atoms with E-state index in [-0.39, 0.29) is 12.1 Å². The van der Waals surface area contributed by atoms with E-state index in [1.54, 1.807) is 0 Å². The van der Waals surface area contributed by atoms with Crippen LogP contribution in [-0.4, -0.2) is 10.4 Å². The fraction of sp³-hybridized carbons (Fsp3) is 0.118. The molecular weight excluding hydrogens is 272 g/mol. The molecule has 0 unspecified atom stereocenters. The summed E-state index contributed by atoms with van der Waals surface area (Å²) >= 11 is 0. The van der Waals surface area contributed by atoms with E-state index in [4.69, 9.17) is 0 Å². The number of nitrogens with zero attached hydrogens (tertiary/aromatic N) is 1. The highest BCUT2D eigenvalue weighted by molar-refractivity contribution is 5.97. The molecule has 3 aromatic rings. The van der Waals surface area contributed by atoms with Gasteiger partial charge >= 0.3 is 0 Å². The maximum atomic E-state index is 13.7. The third-order valence-electron chi connectivity index (χ3n) is 3.55. The molecule has 106 valence electrons. The van der Waals surface area contributed by atoms with Gasteiger partial charge < -0.3 is 4.57 Å². The number of ketones is 1. The van der Waals surface area contributed by atoms with Gasteiger partial charge in [0.25, 0.3) is 0 Å². The van der Waals surface area contributed by atoms with E-state index >= 15 is 0 Å². The zero-order valence-electron chi connectivity index (χ0n) is 11.4. The Bertz CT molecular complexity index is 836. The number of carbonyl (C=O) groups is 1. The van der Waals surface area contributed by atoms with Gasteiger partial charge in [0.1, 0.15) is 11.6 Å². The normalized spacial score (nSPS) is 11.0. The van der Waals surface area contributed by atoms with E-state index in [1.807, 2.05) is 41.8 Å². The third kappa shape index (κ3) is 2.44. The molecular formula is C17H13F2NO. The Morgan fingerprint density at radius 1 is 1.10 bits per heavy atom. The summed E-state index contributed by atoms with van der Waals surface area (Å²) in [4.78, 5) is 12.3. The van der Waals surface area contributed by atoms with Gasteiger partial charge in [-0.05, 0) is 42.6 Å². The summed E-state index contributed by atoms with van der Waals surface area (Å²) in [6, 6.07) is 12.5. The van der Waals surface area contributed by atoms with Crippen LogP contribution in [0, 0.1) is 18.6 Å². The topological polar surface area (TPSA) is 22.0 Å². The number of carbonyl (C=O) groups excluding carboxylic acids is 1. The van der Waals surface area contributed by atoms with Crippen LogP contribution in [0.25, 0.3) is 10.9 Å². The van der Waals surface area contributed by atoms with E-state index in [1.165, 1.54) is 0 Å². The molecule has 0 amide bonds. The minimum atomic E-state index is -0.699. The van der Waals surface area contributed by atoms with Crippen LogP contribution in [0.15, 0.2) is 48.5 Å². The first-order valence-electron chi connectivity index (χ1n) is 6.59. The smallest absolute Gasteiger partial charge is 0.185 e. The number of fused-ring (bicyclic) bond motifs is 1. The Morgan fingerprint density at radius 3 is 2.67 bits per heavy atom. The fourth-order valence-corrected chi connectivity index (χ4v) is 2.50. The third-order valence-corrected chi connectivity index (χ3v) is 3.55. The average Bonchev–Trinajstić information content (AvgIpc) is 2.78. The predicted molar refractivity (Wildman–Crippen MR) is 77.4 cm³/mol. The van der Waals surface area contributed by atoms with Crippen molar-refractivity contribution in [3.05, 3.63) is 71.4 Å². The number of halogens is 2. The number of para-hydroxylation sites is 1. The summed E-state index contributed by atoms with van der Waals surface area (Å²) in [5.41, 5.74) is 1.59. The molecule has 0 N–H and O–H groups in total. The Kier molecular flexibility index (Phi) is 3.29. The second-order valence-electron chi connectivity index (χ2n) is 4.98. The van der Waals surface area contributed by atoms with Crippen LogP contribution in [0.1, 0.15) is 16.1 Å². The number of benzene rings is 2. The molecule has 1 heterocycles. The summed E-state index contributed by atoms with van der Waals surface area (Å²) in [6.45, 7) is 1.87. The first-order valence-corrected chi connectivity index (χ1v) is 6.59. The van der Waals surface area contributed by atoms with E-state index < -0.39 is 17.4 Å². The molecule has 0 aliphatic rings. The van der Waals surface area contributed by atoms with Crippen molar-refractivity contribution in [1.82, 2.24) is 4.57 Å². The number of aromatic nitrogens is 1. The maximum Gasteiger partial charge on any atom is 0.185 e. The highest BCUT2D eigenvalue weighted by Gasteiger charge is 2.15. The monoisotopic (exact) mass is 285 g/mol. The number of aryl methyl sites for hydroxylation is 1. The number of Topliss-reactive ketones (excluding diaryl/α,β-unsaturated/α-hetero) is 1. The van der Waals surface area contributed by atoms with Gasteiger partial charge in [-0.1, -0.05) is 18.2 Å². The van der Waals surface area contributed by atoms with Crippen LogP contribution in [0.4, 0.5) is 8.78 Å². The molecule has 3 rings (SSSR count). The van der Waals surface area contributed by atoms with Gasteiger partial charge in [0.2, 0.25) is 0 Å². The van der Waals surface area contributed by atoms with Crippen molar-refractivity contribution in [1.29, 1.82) is 0 Å². The summed E-state index contributed by atoms with van der Waals surface area (Å²) in [7, 11) is 0. The molecule has 0 spiro atoms. The molecule has 0 bridgehead atoms. The standard InChI is InChI=1S/C17H13F2NO/c1-11-8-12-4-2-3-5-16(12)20(11)10-17(21)14-9-13(18)6-7-15(14)19/h2-9H,10H2,1H3. The Morgan fingerprint density at radius 2 is 1.86 bits per heavy atom. The van der Waals surface area contributed by atoms with Crippen LogP contribution in [0.3, 0.4) is 0 Å². The number of hydrogen-bond acceptors (Lipinski definition) is 1. The molecule has 2 aromatic carbocycles. The van der Waals surface area contributed by atoms with Gasteiger partial charge in [-0.2, -0.15) is 0 Å². The van der Waals surface area contributed by atoms with Crippen LogP contribution >= 0.6 is 0 Å². The van der Waals surface area contributed by atoms with Crippen LogP contribution in [0.5, 0.6) is 0 Å². The van der Waals surface area contributed by atoms with Gasteiger partial charge in [-0.15, -0.1) is 0 Å². The lowest BCUT2D eigenvalue weighted by molar-refractivity contribution is 0.0968. The second-order valence-corrected chi connectivity index (χ2v) is 4.98. The van der Waals surface area contributed by atoms with Crippen LogP contribution < -0.4 is 0 Å². The van der Waals surface area contributed by atoms with Crippen molar-refractivity contribution in [2.45, 2.75) is 13.5 Å². The molecule has 4 heteroatoms. The van der Waals surface area contributed by atoms with Crippen molar-refractivity contribution in [3.63, 3.8) is 0 Å². The van der Waals surface area contributed by atoms with Crippen LogP contribution in [-0.2, 0) is 6.54 Å². The minimum Gasteiger partial charge on any atom is -0.337 e. The van der Waals surface area contributed by atoms with Crippen LogP contribution in [0.2, 0.25) is 0 Å². The molecule has 1 aromatic heterocycles. The lowest BCUT2D eigenvalue weighted by Gasteiger charge is -2.08. The largest absolute Gasteiger partial charge is 0.337 e. The molecule has 0 aliphatic heterocycles. The summed E-state index contributed by atoms with van der Waals surface area (Å²) < 4.78 is 28.7. The zero-order valence-corrected chi connectivity index (χ0v) is 11.4. The quantitative estimate of drug-likeness (QED) is 0.664. The zero-order chi connectivity index (χ0) is 15.0. The highest BCUT2D eigenvalue weighted by Crippen LogP contribution is 2.20. The average molecular weight is 285 g/mol. The molecule has 2 nitrogen and oxygen atoms in total. The molecule has 0 fully saturated rings. The second kappa shape index (κ2) is 5.13. The summed E-state index contributed by atoms with van der Waals surface area (Å²) in [5, 5.41) is 1.02. The van der Waals surface area contributed by atoms with Gasteiger partial charge in [0.15, 0.2) is 5.78 Å². The summed E-state index contributed by atoms with van der Waals surface area (Å²) in [6.07, 6.45) is 0. The molecule has 21 heavy (non-hydrogen) atoms. The van der Waals surface area contributed by atoms with E-state index in [2.05, 4.69) is 0 Å². The summed E-state index contributed by atoms with van der Waals surface area (Å²) in [5.74, 6) is -1.76. The van der Waals surface area contributed by atoms with Gasteiger partial charge in [-0.3, -0.25) is 4.79 Å². The van der Waals surface area contributed by atoms with Crippen molar-refractivity contribution >= 4 is 16.7 Å². The number of rotatable bonds is 3. The van der Waals surface area contributed by atoms with E-state index in [0.29, 0.717) is 0 Å². The fourth-order valence-electron chi connectivity index (χ4n) is 2.50. The van der Waals surface area contributed by atoms with E-state index in [0.717, 1.165) is 34.8 Å². The predicted octanol–water partition coefficient (Wildman–Crippen LogP) is 4.11. The molecule has 0 saturated heterocycles. The minimum absolute atomic E-state index is 0.0142. The first kappa shape index (κ1) is 13.5. The maximum absolute atomic E-state index is 13.7. The lowest BCUT2D eigenvalue weighted by atomic mass is 10.1. The number of hydrogen-bond donors (Lipinski definition) is 0. The Labute approximate surface area is 120 Å². The Balaban J connectivity index is 2.00.